The summed E-state index contributed by atoms with van der Waals surface area (Å²) in [6, 6.07) is 0. The minimum atomic E-state index is -1.10. The zero-order chi connectivity index (χ0) is 10.7. The fourth-order valence-electron chi connectivity index (χ4n) is 0.973. The van der Waals surface area contributed by atoms with Crippen LogP contribution in [0.3, 0.4) is 0 Å². The molecule has 0 saturated carbocycles. The van der Waals surface area contributed by atoms with Gasteiger partial charge < -0.3 is 10.8 Å². The molecule has 0 spiro atoms. The molecule has 0 aromatic carbocycles. The molecule has 5 heteroatoms. The summed E-state index contributed by atoms with van der Waals surface area (Å²) in [7, 11) is 0. The molecule has 1 heterocycles. The Kier molecular flexibility index (Phi) is 2.91. The lowest BCUT2D eigenvalue weighted by Gasteiger charge is -1.94. The van der Waals surface area contributed by atoms with Crippen molar-refractivity contribution in [1.29, 1.82) is 0 Å². The predicted octanol–water partition coefficient (Wildman–Crippen LogP) is 1.13. The molecule has 1 rings (SSSR count). The normalized spacial score (nSPS) is 9.86. The van der Waals surface area contributed by atoms with Crippen LogP contribution in [0.4, 0.5) is 5.69 Å². The molecular formula is C9H13N3O2. The van der Waals surface area contributed by atoms with E-state index in [4.69, 9.17) is 10.8 Å². The van der Waals surface area contributed by atoms with Gasteiger partial charge in [-0.2, -0.15) is 5.10 Å². The molecule has 76 valence electrons. The van der Waals surface area contributed by atoms with Gasteiger partial charge in [0, 0.05) is 6.20 Å². The van der Waals surface area contributed by atoms with Crippen LogP contribution in [0.2, 0.25) is 0 Å². The van der Waals surface area contributed by atoms with E-state index in [1.807, 2.05) is 19.9 Å². The standard InChI is InChI=1S/C9H13N3O2/c1-6(2)3-4-12-5-7(10)8(11-12)9(13)14/h3,5H,4,10H2,1-2H3,(H,13,14). The molecule has 0 bridgehead atoms. The lowest BCUT2D eigenvalue weighted by Crippen LogP contribution is -2.03. The second-order valence-electron chi connectivity index (χ2n) is 3.24. The minimum absolute atomic E-state index is 0.0906. The molecule has 0 radical (unpaired) electrons. The van der Waals surface area contributed by atoms with Crippen LogP contribution in [-0.4, -0.2) is 20.9 Å². The van der Waals surface area contributed by atoms with Gasteiger partial charge in [-0.05, 0) is 13.8 Å². The van der Waals surface area contributed by atoms with Crippen LogP contribution < -0.4 is 5.73 Å². The summed E-state index contributed by atoms with van der Waals surface area (Å²) in [4.78, 5) is 10.6. The number of allylic oxidation sites excluding steroid dienone is 2. The largest absolute Gasteiger partial charge is 0.476 e. The highest BCUT2D eigenvalue weighted by molar-refractivity contribution is 5.91. The number of carboxylic acid groups (broad SMARTS) is 1. The highest BCUT2D eigenvalue weighted by atomic mass is 16.4. The molecule has 1 aromatic heterocycles. The number of nitrogens with two attached hydrogens (primary N) is 1. The SMILES string of the molecule is CC(C)=CCn1cc(N)c(C(=O)O)n1. The summed E-state index contributed by atoms with van der Waals surface area (Å²) < 4.78 is 1.51. The molecule has 1 aromatic rings. The maximum absolute atomic E-state index is 10.6. The van der Waals surface area contributed by atoms with Gasteiger partial charge >= 0.3 is 5.97 Å². The van der Waals surface area contributed by atoms with Gasteiger partial charge in [0.1, 0.15) is 0 Å². The van der Waals surface area contributed by atoms with Crippen molar-refractivity contribution in [3.63, 3.8) is 0 Å². The molecule has 0 amide bonds. The first-order chi connectivity index (χ1) is 6.50. The molecular weight excluding hydrogens is 182 g/mol. The fraction of sp³-hybridized carbons (Fsp3) is 0.333. The number of nitrogens with zero attached hydrogens (tertiary/aromatic N) is 2. The van der Waals surface area contributed by atoms with Crippen LogP contribution in [0.5, 0.6) is 0 Å². The minimum Gasteiger partial charge on any atom is -0.476 e. The molecule has 0 unspecified atom stereocenters. The Hall–Kier alpha value is -1.78. The van der Waals surface area contributed by atoms with Crippen LogP contribution in [0.15, 0.2) is 17.8 Å². The monoisotopic (exact) mass is 195 g/mol. The number of carbonyl (C=O) groups is 1. The third kappa shape index (κ3) is 2.35. The van der Waals surface area contributed by atoms with Gasteiger partial charge in [-0.1, -0.05) is 11.6 Å². The van der Waals surface area contributed by atoms with Crippen molar-refractivity contribution in [3.05, 3.63) is 23.5 Å². The number of rotatable bonds is 3. The van der Waals surface area contributed by atoms with E-state index in [-0.39, 0.29) is 11.4 Å². The summed E-state index contributed by atoms with van der Waals surface area (Å²) in [5, 5.41) is 12.5. The maximum atomic E-state index is 10.6. The van der Waals surface area contributed by atoms with Crippen molar-refractivity contribution in [2.45, 2.75) is 20.4 Å². The maximum Gasteiger partial charge on any atom is 0.358 e. The Morgan fingerprint density at radius 1 is 1.71 bits per heavy atom. The number of carboxylic acids is 1. The van der Waals surface area contributed by atoms with E-state index in [2.05, 4.69) is 5.10 Å². The van der Waals surface area contributed by atoms with Crippen molar-refractivity contribution in [2.24, 2.45) is 0 Å². The van der Waals surface area contributed by atoms with E-state index in [0.29, 0.717) is 6.54 Å². The third-order valence-electron chi connectivity index (χ3n) is 1.68. The first-order valence-corrected chi connectivity index (χ1v) is 4.20. The highest BCUT2D eigenvalue weighted by Crippen LogP contribution is 2.08. The van der Waals surface area contributed by atoms with E-state index in [0.717, 1.165) is 5.57 Å². The Labute approximate surface area is 81.8 Å². The van der Waals surface area contributed by atoms with E-state index >= 15 is 0 Å². The molecule has 0 atom stereocenters. The third-order valence-corrected chi connectivity index (χ3v) is 1.68. The molecule has 3 N–H and O–H groups in total. The molecule has 0 fully saturated rings. The molecule has 0 aliphatic carbocycles. The number of nitrogen functional groups attached to an aromatic ring is 1. The van der Waals surface area contributed by atoms with Gasteiger partial charge in [-0.3, -0.25) is 4.68 Å². The van der Waals surface area contributed by atoms with Crippen LogP contribution in [0, 0.1) is 0 Å². The van der Waals surface area contributed by atoms with Gasteiger partial charge in [0.2, 0.25) is 0 Å². The van der Waals surface area contributed by atoms with Crippen LogP contribution in [0.1, 0.15) is 24.3 Å². The van der Waals surface area contributed by atoms with E-state index in [9.17, 15) is 4.79 Å². The fourth-order valence-corrected chi connectivity index (χ4v) is 0.973. The molecule has 0 saturated heterocycles. The average Bonchev–Trinajstić information content (AvgIpc) is 2.43. The van der Waals surface area contributed by atoms with Gasteiger partial charge in [0.25, 0.3) is 0 Å². The number of aromatic carboxylic acids is 1. The molecule has 0 aliphatic rings. The lowest BCUT2D eigenvalue weighted by molar-refractivity contribution is 0.0690. The van der Waals surface area contributed by atoms with Crippen molar-refractivity contribution in [3.8, 4) is 0 Å². The smallest absolute Gasteiger partial charge is 0.358 e. The van der Waals surface area contributed by atoms with Crippen LogP contribution >= 0.6 is 0 Å². The Morgan fingerprint density at radius 3 is 2.79 bits per heavy atom. The summed E-state index contributed by atoms with van der Waals surface area (Å²) >= 11 is 0. The zero-order valence-corrected chi connectivity index (χ0v) is 8.19. The Morgan fingerprint density at radius 2 is 2.36 bits per heavy atom. The van der Waals surface area contributed by atoms with Gasteiger partial charge in [-0.15, -0.1) is 0 Å². The summed E-state index contributed by atoms with van der Waals surface area (Å²) in [5.74, 6) is -1.10. The second-order valence-corrected chi connectivity index (χ2v) is 3.24. The summed E-state index contributed by atoms with van der Waals surface area (Å²) in [6.45, 7) is 4.47. The van der Waals surface area contributed by atoms with Gasteiger partial charge in [-0.25, -0.2) is 4.79 Å². The highest BCUT2D eigenvalue weighted by Gasteiger charge is 2.12. The summed E-state index contributed by atoms with van der Waals surface area (Å²) in [5.41, 5.74) is 6.72. The van der Waals surface area contributed by atoms with Gasteiger partial charge in [0.15, 0.2) is 5.69 Å². The Bertz CT molecular complexity index is 375. The first kappa shape index (κ1) is 10.3. The second kappa shape index (κ2) is 3.95. The van der Waals surface area contributed by atoms with Crippen molar-refractivity contribution in [2.75, 3.05) is 5.73 Å². The van der Waals surface area contributed by atoms with E-state index in [1.54, 1.807) is 0 Å². The van der Waals surface area contributed by atoms with E-state index in [1.165, 1.54) is 10.9 Å². The van der Waals surface area contributed by atoms with Crippen molar-refractivity contribution in [1.82, 2.24) is 9.78 Å². The quantitative estimate of drug-likeness (QED) is 0.708. The first-order valence-electron chi connectivity index (χ1n) is 4.20. The zero-order valence-electron chi connectivity index (χ0n) is 8.19. The topological polar surface area (TPSA) is 81.1 Å². The number of hydrogen-bond acceptors (Lipinski definition) is 3. The van der Waals surface area contributed by atoms with Crippen molar-refractivity contribution < 1.29 is 9.90 Å². The number of anilines is 1. The van der Waals surface area contributed by atoms with Gasteiger partial charge in [0.05, 0.1) is 12.2 Å². The number of hydrogen-bond donors (Lipinski definition) is 2. The van der Waals surface area contributed by atoms with Crippen LogP contribution in [-0.2, 0) is 6.54 Å². The predicted molar refractivity (Wildman–Crippen MR) is 53.0 cm³/mol. The summed E-state index contributed by atoms with van der Waals surface area (Å²) in [6.07, 6.45) is 3.46. The molecule has 5 nitrogen and oxygen atoms in total. The van der Waals surface area contributed by atoms with Crippen LogP contribution in [0.25, 0.3) is 0 Å². The average molecular weight is 195 g/mol. The number of aromatic nitrogens is 2. The molecule has 14 heavy (non-hydrogen) atoms. The molecule has 0 aliphatic heterocycles. The Balaban J connectivity index is 2.86. The van der Waals surface area contributed by atoms with Crippen molar-refractivity contribution >= 4 is 11.7 Å². The van der Waals surface area contributed by atoms with E-state index < -0.39 is 5.97 Å². The lowest BCUT2D eigenvalue weighted by atomic mass is 10.3.